The van der Waals surface area contributed by atoms with Crippen LogP contribution >= 0.6 is 0 Å². The Kier molecular flexibility index (Phi) is 3.20. The van der Waals surface area contributed by atoms with Crippen molar-refractivity contribution in [3.05, 3.63) is 64.8 Å². The Morgan fingerprint density at radius 1 is 0.815 bits per heavy atom. The van der Waals surface area contributed by atoms with Crippen molar-refractivity contribution in [3.8, 4) is 11.3 Å². The van der Waals surface area contributed by atoms with E-state index in [1.54, 1.807) is 6.20 Å². The molecule has 0 N–H and O–H groups in total. The van der Waals surface area contributed by atoms with Crippen LogP contribution in [0, 0.1) is 19.3 Å². The molecule has 0 amide bonds. The highest BCUT2D eigenvalue weighted by molar-refractivity contribution is 5.96. The first kappa shape index (κ1) is 15.9. The zero-order valence-electron chi connectivity index (χ0n) is 19.8. The van der Waals surface area contributed by atoms with Gasteiger partial charge in [0.1, 0.15) is 0 Å². The summed E-state index contributed by atoms with van der Waals surface area (Å²) in [6.07, 6.45) is 1.79. The Labute approximate surface area is 166 Å². The van der Waals surface area contributed by atoms with Gasteiger partial charge in [-0.05, 0) is 70.8 Å². The summed E-state index contributed by atoms with van der Waals surface area (Å²) in [5, 5.41) is 1.64. The lowest BCUT2D eigenvalue weighted by atomic mass is 9.59. The van der Waals surface area contributed by atoms with Gasteiger partial charge in [-0.25, -0.2) is 0 Å². The highest BCUT2D eigenvalue weighted by atomic mass is 14.7. The Morgan fingerprint density at radius 2 is 1.37 bits per heavy atom. The minimum absolute atomic E-state index is 0.0845. The summed E-state index contributed by atoms with van der Waals surface area (Å²) in [6, 6.07) is 9.42. The van der Waals surface area contributed by atoms with Crippen molar-refractivity contribution in [2.24, 2.45) is 5.41 Å². The molecule has 1 aliphatic carbocycles. The molecule has 1 heteroatoms. The van der Waals surface area contributed by atoms with E-state index in [1.165, 1.54) is 11.1 Å². The normalized spacial score (nSPS) is 20.3. The summed E-state index contributed by atoms with van der Waals surface area (Å²) in [5.41, 5.74) is 5.74. The van der Waals surface area contributed by atoms with Crippen molar-refractivity contribution >= 4 is 10.8 Å². The van der Waals surface area contributed by atoms with Crippen LogP contribution in [-0.4, -0.2) is 4.98 Å². The molecule has 140 valence electrons. The van der Waals surface area contributed by atoms with Gasteiger partial charge in [-0.1, -0.05) is 64.8 Å². The second-order valence-corrected chi connectivity index (χ2v) is 9.83. The molecule has 3 aromatic rings. The summed E-state index contributed by atoms with van der Waals surface area (Å²) in [6.45, 7) is 17.7. The van der Waals surface area contributed by atoms with E-state index in [2.05, 4.69) is 73.6 Å². The molecule has 0 bridgehead atoms. The lowest BCUT2D eigenvalue weighted by molar-refractivity contribution is 0.125. The molecule has 0 saturated carbocycles. The average molecular weight is 360 g/mol. The van der Waals surface area contributed by atoms with Crippen molar-refractivity contribution in [1.29, 1.82) is 0 Å². The number of aryl methyl sites for hydroxylation is 2. The maximum atomic E-state index is 9.30. The van der Waals surface area contributed by atoms with E-state index >= 15 is 0 Å². The Balaban J connectivity index is 2.19. The molecule has 0 unspecified atom stereocenters. The second-order valence-electron chi connectivity index (χ2n) is 9.83. The lowest BCUT2D eigenvalue weighted by Gasteiger charge is -2.44. The van der Waals surface area contributed by atoms with Gasteiger partial charge in [0.25, 0.3) is 0 Å². The van der Waals surface area contributed by atoms with Gasteiger partial charge in [0.15, 0.2) is 0 Å². The van der Waals surface area contributed by atoms with E-state index in [9.17, 15) is 1.37 Å². The van der Waals surface area contributed by atoms with E-state index in [-0.39, 0.29) is 16.2 Å². The Hall–Kier alpha value is -2.15. The summed E-state index contributed by atoms with van der Waals surface area (Å²) in [5.74, 6) is 0. The van der Waals surface area contributed by atoms with Crippen molar-refractivity contribution < 1.29 is 2.74 Å². The summed E-state index contributed by atoms with van der Waals surface area (Å²) >= 11 is 0. The highest BCUT2D eigenvalue weighted by Crippen LogP contribution is 2.62. The quantitative estimate of drug-likeness (QED) is 0.451. The molecule has 1 aromatic heterocycles. The predicted octanol–water partition coefficient (Wildman–Crippen LogP) is 7.11. The number of aromatic nitrogens is 1. The van der Waals surface area contributed by atoms with Gasteiger partial charge in [0.05, 0.1) is 8.44 Å². The topological polar surface area (TPSA) is 12.9 Å². The van der Waals surface area contributed by atoms with Crippen LogP contribution in [0.3, 0.4) is 0 Å². The van der Waals surface area contributed by atoms with Crippen LogP contribution in [0.5, 0.6) is 0 Å². The smallest absolute Gasteiger partial charge is 0.0780 e. The predicted molar refractivity (Wildman–Crippen MR) is 116 cm³/mol. The molecule has 1 aliphatic rings. The van der Waals surface area contributed by atoms with Gasteiger partial charge in [0, 0.05) is 17.1 Å². The van der Waals surface area contributed by atoms with E-state index in [0.717, 1.165) is 33.2 Å². The number of rotatable bonds is 1. The van der Waals surface area contributed by atoms with Crippen LogP contribution in [-0.2, 0) is 10.8 Å². The first-order valence-electron chi connectivity index (χ1n) is 10.8. The van der Waals surface area contributed by atoms with Crippen LogP contribution in [0.2, 0.25) is 0 Å². The van der Waals surface area contributed by atoms with Crippen molar-refractivity contribution in [2.45, 2.75) is 66.2 Å². The maximum absolute atomic E-state index is 9.30. The van der Waals surface area contributed by atoms with Gasteiger partial charge in [-0.15, -0.1) is 0 Å². The van der Waals surface area contributed by atoms with Crippen molar-refractivity contribution in [2.75, 3.05) is 0 Å². The van der Waals surface area contributed by atoms with E-state index in [4.69, 9.17) is 6.35 Å². The lowest BCUT2D eigenvalue weighted by Crippen LogP contribution is -2.42. The minimum Gasteiger partial charge on any atom is -0.256 e. The molecule has 2 aromatic carbocycles. The molecule has 0 radical (unpaired) electrons. The van der Waals surface area contributed by atoms with Crippen LogP contribution < -0.4 is 0 Å². The fourth-order valence-corrected chi connectivity index (χ4v) is 4.75. The van der Waals surface area contributed by atoms with Crippen LogP contribution in [0.4, 0.5) is 0 Å². The van der Waals surface area contributed by atoms with Gasteiger partial charge in [-0.3, -0.25) is 4.98 Å². The summed E-state index contributed by atoms with van der Waals surface area (Å²) in [4.78, 5) is 4.70. The first-order valence-corrected chi connectivity index (χ1v) is 9.84. The van der Waals surface area contributed by atoms with Crippen LogP contribution in [0.15, 0.2) is 42.5 Å². The third-order valence-corrected chi connectivity index (χ3v) is 7.58. The van der Waals surface area contributed by atoms with E-state index in [1.807, 2.05) is 6.07 Å². The zero-order chi connectivity index (χ0) is 21.5. The standard InChI is InChI=1S/C26H31N/c1-16-11-17(2)13-19(12-16)23-20-15-22-21(14-18(20)9-10-27-23)24(3,4)26(7,8)25(22,5)6/h9-15H,1-8H3/i14D,15D. The molecular weight excluding hydrogens is 326 g/mol. The molecule has 0 aliphatic heterocycles. The summed E-state index contributed by atoms with van der Waals surface area (Å²) in [7, 11) is 0. The monoisotopic (exact) mass is 359 g/mol. The fourth-order valence-electron chi connectivity index (χ4n) is 4.75. The van der Waals surface area contributed by atoms with Crippen molar-refractivity contribution in [3.63, 3.8) is 0 Å². The largest absolute Gasteiger partial charge is 0.256 e. The summed E-state index contributed by atoms with van der Waals surface area (Å²) < 4.78 is 18.5. The van der Waals surface area contributed by atoms with E-state index in [0.29, 0.717) is 12.1 Å². The number of hydrogen-bond acceptors (Lipinski definition) is 1. The molecule has 0 atom stereocenters. The van der Waals surface area contributed by atoms with Crippen molar-refractivity contribution in [1.82, 2.24) is 4.98 Å². The highest BCUT2D eigenvalue weighted by Gasteiger charge is 2.56. The molecule has 4 rings (SSSR count). The third-order valence-electron chi connectivity index (χ3n) is 7.58. The number of fused-ring (bicyclic) bond motifs is 2. The molecule has 1 nitrogen and oxygen atoms in total. The Bertz CT molecular complexity index is 1150. The van der Waals surface area contributed by atoms with Crippen LogP contribution in [0.1, 0.15) is 66.5 Å². The maximum Gasteiger partial charge on any atom is 0.0780 e. The van der Waals surface area contributed by atoms with E-state index < -0.39 is 0 Å². The second kappa shape index (κ2) is 5.44. The molecular formula is C26H31N. The zero-order valence-corrected chi connectivity index (χ0v) is 17.8. The Morgan fingerprint density at radius 3 is 1.96 bits per heavy atom. The third kappa shape index (κ3) is 2.33. The van der Waals surface area contributed by atoms with Gasteiger partial charge in [0.2, 0.25) is 0 Å². The number of pyridine rings is 1. The fraction of sp³-hybridized carbons (Fsp3) is 0.423. The molecule has 27 heavy (non-hydrogen) atoms. The molecule has 1 heterocycles. The first-order chi connectivity index (χ1) is 13.3. The van der Waals surface area contributed by atoms with Crippen LogP contribution in [0.25, 0.3) is 22.0 Å². The minimum atomic E-state index is -0.220. The average Bonchev–Trinajstić information content (AvgIpc) is 2.72. The SMILES string of the molecule is [2H]c1c2c(c([2H])c3c(-c4cc(C)cc(C)c4)nccc13)C(C)(C)C(C)(C)C2(C)C. The molecule has 0 saturated heterocycles. The number of nitrogens with zero attached hydrogens (tertiary/aromatic N) is 1. The number of benzene rings is 2. The van der Waals surface area contributed by atoms with Gasteiger partial charge in [-0.2, -0.15) is 0 Å². The van der Waals surface area contributed by atoms with Gasteiger partial charge >= 0.3 is 0 Å². The molecule has 0 spiro atoms. The number of hydrogen-bond donors (Lipinski definition) is 0. The van der Waals surface area contributed by atoms with Gasteiger partial charge < -0.3 is 0 Å². The molecule has 0 fully saturated rings.